The first-order valence-corrected chi connectivity index (χ1v) is 7.47. The highest BCUT2D eigenvalue weighted by molar-refractivity contribution is 5.87. The average Bonchev–Trinajstić information content (AvgIpc) is 2.56. The fraction of sp³-hybridized carbons (Fsp3) is 0.500. The maximum atomic E-state index is 11.7. The van der Waals surface area contributed by atoms with Crippen LogP contribution in [0.2, 0.25) is 0 Å². The van der Waals surface area contributed by atoms with Crippen LogP contribution in [0.15, 0.2) is 24.3 Å². The minimum absolute atomic E-state index is 0. The zero-order valence-electron chi connectivity index (χ0n) is 14.1. The summed E-state index contributed by atoms with van der Waals surface area (Å²) in [5.41, 5.74) is 6.26. The molecule has 0 aliphatic heterocycles. The standard InChI is InChI=1S/C16H25N3O4.ClH/c1-10(2)15(17)16(22)19-9-14(21)18-8-12(20)11-6-4-5-7-13(11)23-3;/h4-7,10,12,15,20H,8-9,17H2,1-3H3,(H,18,21)(H,19,22);1H/t12?,15-;/m0./s1. The van der Waals surface area contributed by atoms with Gasteiger partial charge in [0.2, 0.25) is 11.8 Å². The number of para-hydroxylation sites is 1. The van der Waals surface area contributed by atoms with E-state index in [1.54, 1.807) is 24.3 Å². The van der Waals surface area contributed by atoms with Crippen molar-refractivity contribution in [3.63, 3.8) is 0 Å². The molecule has 0 saturated heterocycles. The largest absolute Gasteiger partial charge is 0.496 e. The van der Waals surface area contributed by atoms with Crippen LogP contribution in [0.1, 0.15) is 25.5 Å². The van der Waals surface area contributed by atoms with Gasteiger partial charge >= 0.3 is 0 Å². The number of hydrogen-bond donors (Lipinski definition) is 4. The van der Waals surface area contributed by atoms with E-state index in [1.165, 1.54) is 7.11 Å². The number of carbonyl (C=O) groups is 2. The van der Waals surface area contributed by atoms with Gasteiger partial charge in [0.15, 0.2) is 0 Å². The number of amides is 2. The normalized spacial score (nSPS) is 12.8. The smallest absolute Gasteiger partial charge is 0.239 e. The maximum absolute atomic E-state index is 11.7. The third-order valence-electron chi connectivity index (χ3n) is 3.43. The lowest BCUT2D eigenvalue weighted by Gasteiger charge is -2.17. The van der Waals surface area contributed by atoms with Crippen molar-refractivity contribution in [2.45, 2.75) is 26.0 Å². The van der Waals surface area contributed by atoms with Gasteiger partial charge in [-0.2, -0.15) is 0 Å². The van der Waals surface area contributed by atoms with Crippen molar-refractivity contribution in [3.05, 3.63) is 29.8 Å². The number of aliphatic hydroxyl groups is 1. The second kappa shape index (κ2) is 10.9. The number of methoxy groups -OCH3 is 1. The molecule has 1 rings (SSSR count). The van der Waals surface area contributed by atoms with E-state index in [9.17, 15) is 14.7 Å². The molecule has 24 heavy (non-hydrogen) atoms. The number of halogens is 1. The third kappa shape index (κ3) is 6.74. The van der Waals surface area contributed by atoms with E-state index in [0.717, 1.165) is 0 Å². The molecular formula is C16H26ClN3O4. The second-order valence-corrected chi connectivity index (χ2v) is 5.55. The Morgan fingerprint density at radius 3 is 2.46 bits per heavy atom. The number of nitrogens with one attached hydrogen (secondary N) is 2. The quantitative estimate of drug-likeness (QED) is 0.535. The maximum Gasteiger partial charge on any atom is 0.239 e. The Bertz CT molecular complexity index is 540. The predicted octanol–water partition coefficient (Wildman–Crippen LogP) is 0.366. The summed E-state index contributed by atoms with van der Waals surface area (Å²) in [4.78, 5) is 23.4. The summed E-state index contributed by atoms with van der Waals surface area (Å²) in [5, 5.41) is 15.1. The molecule has 5 N–H and O–H groups in total. The van der Waals surface area contributed by atoms with E-state index < -0.39 is 18.1 Å². The SMILES string of the molecule is COc1ccccc1C(O)CNC(=O)CNC(=O)[C@@H](N)C(C)C.Cl. The van der Waals surface area contributed by atoms with E-state index in [-0.39, 0.29) is 37.3 Å². The van der Waals surface area contributed by atoms with Gasteiger partial charge in [-0.25, -0.2) is 0 Å². The number of aliphatic hydroxyl groups excluding tert-OH is 1. The van der Waals surface area contributed by atoms with Crippen LogP contribution in [-0.2, 0) is 9.59 Å². The Morgan fingerprint density at radius 1 is 1.25 bits per heavy atom. The molecule has 0 bridgehead atoms. The van der Waals surface area contributed by atoms with Gasteiger partial charge in [-0.3, -0.25) is 9.59 Å². The van der Waals surface area contributed by atoms with Crippen molar-refractivity contribution >= 4 is 24.2 Å². The highest BCUT2D eigenvalue weighted by Gasteiger charge is 2.18. The Morgan fingerprint density at radius 2 is 1.88 bits per heavy atom. The summed E-state index contributed by atoms with van der Waals surface area (Å²) < 4.78 is 5.16. The Kier molecular flexibility index (Phi) is 10.0. The molecule has 2 atom stereocenters. The van der Waals surface area contributed by atoms with Crippen LogP contribution in [0.4, 0.5) is 0 Å². The number of rotatable bonds is 8. The molecule has 0 spiro atoms. The van der Waals surface area contributed by atoms with E-state index in [2.05, 4.69) is 10.6 Å². The monoisotopic (exact) mass is 359 g/mol. The predicted molar refractivity (Wildman–Crippen MR) is 94.0 cm³/mol. The average molecular weight is 360 g/mol. The van der Waals surface area contributed by atoms with Crippen molar-refractivity contribution in [3.8, 4) is 5.75 Å². The van der Waals surface area contributed by atoms with Crippen LogP contribution in [0.25, 0.3) is 0 Å². The molecule has 0 aliphatic rings. The molecule has 0 saturated carbocycles. The number of hydrogen-bond acceptors (Lipinski definition) is 5. The van der Waals surface area contributed by atoms with Gasteiger partial charge in [-0.1, -0.05) is 32.0 Å². The molecule has 136 valence electrons. The van der Waals surface area contributed by atoms with Crippen molar-refractivity contribution in [2.75, 3.05) is 20.2 Å². The summed E-state index contributed by atoms with van der Waals surface area (Å²) in [6.07, 6.45) is -0.899. The Labute approximate surface area is 148 Å². The van der Waals surface area contributed by atoms with E-state index >= 15 is 0 Å². The molecule has 0 aliphatic carbocycles. The highest BCUT2D eigenvalue weighted by atomic mass is 35.5. The van der Waals surface area contributed by atoms with E-state index in [1.807, 2.05) is 13.8 Å². The molecule has 1 unspecified atom stereocenters. The Hall–Kier alpha value is -1.83. The van der Waals surface area contributed by atoms with Crippen LogP contribution in [0.3, 0.4) is 0 Å². The minimum atomic E-state index is -0.899. The summed E-state index contributed by atoms with van der Waals surface area (Å²) in [6, 6.07) is 6.37. The minimum Gasteiger partial charge on any atom is -0.496 e. The molecule has 1 aromatic carbocycles. The molecule has 0 heterocycles. The lowest BCUT2D eigenvalue weighted by Crippen LogP contribution is -2.47. The van der Waals surface area contributed by atoms with Gasteiger partial charge < -0.3 is 26.2 Å². The molecule has 0 aromatic heterocycles. The second-order valence-electron chi connectivity index (χ2n) is 5.55. The van der Waals surface area contributed by atoms with E-state index in [4.69, 9.17) is 10.5 Å². The molecule has 0 fully saturated rings. The lowest BCUT2D eigenvalue weighted by molar-refractivity contribution is -0.127. The number of ether oxygens (including phenoxy) is 1. The topological polar surface area (TPSA) is 114 Å². The highest BCUT2D eigenvalue weighted by Crippen LogP contribution is 2.23. The van der Waals surface area contributed by atoms with Crippen LogP contribution >= 0.6 is 12.4 Å². The van der Waals surface area contributed by atoms with Gasteiger partial charge in [0, 0.05) is 12.1 Å². The van der Waals surface area contributed by atoms with Gasteiger partial charge in [0.25, 0.3) is 0 Å². The number of benzene rings is 1. The molecule has 1 aromatic rings. The van der Waals surface area contributed by atoms with Crippen LogP contribution in [0, 0.1) is 5.92 Å². The molecule has 7 nitrogen and oxygen atoms in total. The molecule has 0 radical (unpaired) electrons. The first kappa shape index (κ1) is 22.2. The summed E-state index contributed by atoms with van der Waals surface area (Å²) in [5.74, 6) is -0.237. The van der Waals surface area contributed by atoms with Crippen molar-refractivity contribution in [2.24, 2.45) is 11.7 Å². The Balaban J connectivity index is 0.00000529. The number of nitrogens with two attached hydrogens (primary N) is 1. The zero-order chi connectivity index (χ0) is 17.4. The van der Waals surface area contributed by atoms with Crippen LogP contribution in [0.5, 0.6) is 5.75 Å². The van der Waals surface area contributed by atoms with Crippen molar-refractivity contribution in [1.29, 1.82) is 0 Å². The van der Waals surface area contributed by atoms with Crippen LogP contribution < -0.4 is 21.1 Å². The van der Waals surface area contributed by atoms with Gasteiger partial charge in [-0.05, 0) is 12.0 Å². The zero-order valence-corrected chi connectivity index (χ0v) is 14.9. The van der Waals surface area contributed by atoms with Gasteiger partial charge in [0.1, 0.15) is 5.75 Å². The van der Waals surface area contributed by atoms with Crippen molar-refractivity contribution in [1.82, 2.24) is 10.6 Å². The van der Waals surface area contributed by atoms with Crippen LogP contribution in [-0.4, -0.2) is 43.2 Å². The van der Waals surface area contributed by atoms with Crippen molar-refractivity contribution < 1.29 is 19.4 Å². The third-order valence-corrected chi connectivity index (χ3v) is 3.43. The fourth-order valence-corrected chi connectivity index (χ4v) is 1.91. The fourth-order valence-electron chi connectivity index (χ4n) is 1.91. The first-order valence-electron chi connectivity index (χ1n) is 7.47. The summed E-state index contributed by atoms with van der Waals surface area (Å²) in [6.45, 7) is 3.49. The summed E-state index contributed by atoms with van der Waals surface area (Å²) in [7, 11) is 1.51. The summed E-state index contributed by atoms with van der Waals surface area (Å²) >= 11 is 0. The lowest BCUT2D eigenvalue weighted by atomic mass is 10.1. The molecule has 2 amide bonds. The first-order chi connectivity index (χ1) is 10.9. The molecule has 8 heteroatoms. The van der Waals surface area contributed by atoms with Gasteiger partial charge in [0.05, 0.1) is 25.8 Å². The number of carbonyl (C=O) groups excluding carboxylic acids is 2. The van der Waals surface area contributed by atoms with E-state index in [0.29, 0.717) is 11.3 Å². The van der Waals surface area contributed by atoms with Gasteiger partial charge in [-0.15, -0.1) is 12.4 Å². The molecular weight excluding hydrogens is 334 g/mol.